The number of carbonyl (C=O) groups excluding carboxylic acids is 2. The van der Waals surface area contributed by atoms with Crippen molar-refractivity contribution >= 4 is 17.5 Å². The first-order valence-electron chi connectivity index (χ1n) is 11.9. The molecule has 0 bridgehead atoms. The van der Waals surface area contributed by atoms with Crippen molar-refractivity contribution in [3.8, 4) is 11.5 Å². The molecule has 0 spiro atoms. The topological polar surface area (TPSA) is 67.9 Å². The lowest BCUT2D eigenvalue weighted by molar-refractivity contribution is -0.119. The van der Waals surface area contributed by atoms with E-state index in [0.717, 1.165) is 11.1 Å². The summed E-state index contributed by atoms with van der Waals surface area (Å²) in [5.74, 6) is -0.495. The number of anilines is 1. The predicted octanol–water partition coefficient (Wildman–Crippen LogP) is 5.10. The van der Waals surface area contributed by atoms with Crippen LogP contribution in [0.5, 0.6) is 11.5 Å². The van der Waals surface area contributed by atoms with Gasteiger partial charge in [-0.05, 0) is 67.3 Å². The molecule has 2 atom stereocenters. The van der Waals surface area contributed by atoms with Gasteiger partial charge >= 0.3 is 0 Å². The van der Waals surface area contributed by atoms with Gasteiger partial charge in [0.25, 0.3) is 5.91 Å². The minimum atomic E-state index is -0.727. The Hall–Kier alpha value is -3.87. The van der Waals surface area contributed by atoms with Crippen molar-refractivity contribution in [1.29, 1.82) is 0 Å². The average molecular weight is 475 g/mol. The van der Waals surface area contributed by atoms with E-state index in [4.69, 9.17) is 9.47 Å². The van der Waals surface area contributed by atoms with Crippen LogP contribution in [0.15, 0.2) is 60.7 Å². The Morgan fingerprint density at radius 2 is 1.69 bits per heavy atom. The van der Waals surface area contributed by atoms with Crippen LogP contribution in [0.1, 0.15) is 52.9 Å². The summed E-state index contributed by atoms with van der Waals surface area (Å²) in [5.41, 5.74) is 3.09. The van der Waals surface area contributed by atoms with Gasteiger partial charge < -0.3 is 19.7 Å². The SMILES string of the molecule is CCOc1cc2c(cc1OCC)[C@H]1[C@@H](C(=O)Nc3ccccc3F)c3ccccc3C(=O)N1CC2. The van der Waals surface area contributed by atoms with Crippen LogP contribution in [-0.2, 0) is 11.2 Å². The summed E-state index contributed by atoms with van der Waals surface area (Å²) in [7, 11) is 0. The highest BCUT2D eigenvalue weighted by Gasteiger charge is 2.46. The number of para-hydroxylation sites is 1. The van der Waals surface area contributed by atoms with E-state index >= 15 is 0 Å². The quantitative estimate of drug-likeness (QED) is 0.540. The lowest BCUT2D eigenvalue weighted by Gasteiger charge is -2.45. The molecule has 3 aromatic rings. The molecule has 2 aliphatic rings. The van der Waals surface area contributed by atoms with Crippen molar-refractivity contribution in [1.82, 2.24) is 4.90 Å². The Kier molecular flexibility index (Phi) is 6.16. The Morgan fingerprint density at radius 1 is 1.00 bits per heavy atom. The van der Waals surface area contributed by atoms with E-state index in [1.54, 1.807) is 29.2 Å². The van der Waals surface area contributed by atoms with E-state index < -0.39 is 17.8 Å². The second-order valence-electron chi connectivity index (χ2n) is 8.59. The number of amides is 2. The Labute approximate surface area is 203 Å². The zero-order valence-corrected chi connectivity index (χ0v) is 19.7. The fraction of sp³-hybridized carbons (Fsp3) is 0.286. The highest BCUT2D eigenvalue weighted by Crippen LogP contribution is 2.48. The van der Waals surface area contributed by atoms with Crippen molar-refractivity contribution < 1.29 is 23.5 Å². The molecule has 35 heavy (non-hydrogen) atoms. The highest BCUT2D eigenvalue weighted by molar-refractivity contribution is 6.04. The largest absolute Gasteiger partial charge is 0.490 e. The molecule has 2 heterocycles. The summed E-state index contributed by atoms with van der Waals surface area (Å²) in [4.78, 5) is 29.0. The summed E-state index contributed by atoms with van der Waals surface area (Å²) in [6.07, 6.45) is 0.633. The first kappa shape index (κ1) is 22.9. The molecule has 0 saturated heterocycles. The Morgan fingerprint density at radius 3 is 2.43 bits per heavy atom. The molecular formula is C28H27FN2O4. The summed E-state index contributed by atoms with van der Waals surface area (Å²) < 4.78 is 26.1. The minimum absolute atomic E-state index is 0.108. The molecule has 5 rings (SSSR count). The normalized spacial score (nSPS) is 18.3. The molecule has 0 aromatic heterocycles. The van der Waals surface area contributed by atoms with Gasteiger partial charge in [0.05, 0.1) is 30.9 Å². The molecule has 3 aromatic carbocycles. The smallest absolute Gasteiger partial charge is 0.254 e. The fourth-order valence-electron chi connectivity index (χ4n) is 5.13. The zero-order chi connectivity index (χ0) is 24.5. The molecular weight excluding hydrogens is 447 g/mol. The maximum Gasteiger partial charge on any atom is 0.254 e. The average Bonchev–Trinajstić information content (AvgIpc) is 2.86. The number of fused-ring (bicyclic) bond motifs is 4. The number of nitrogens with zero attached hydrogens (tertiary/aromatic N) is 1. The Balaban J connectivity index is 1.65. The molecule has 6 nitrogen and oxygen atoms in total. The molecule has 180 valence electrons. The van der Waals surface area contributed by atoms with Gasteiger partial charge in [0.15, 0.2) is 11.5 Å². The number of hydrogen-bond donors (Lipinski definition) is 1. The van der Waals surface area contributed by atoms with Gasteiger partial charge in [0.2, 0.25) is 5.91 Å². The molecule has 0 aliphatic carbocycles. The van der Waals surface area contributed by atoms with Crippen LogP contribution in [0.2, 0.25) is 0 Å². The van der Waals surface area contributed by atoms with Gasteiger partial charge in [-0.25, -0.2) is 4.39 Å². The molecule has 1 N–H and O–H groups in total. The number of halogens is 1. The van der Waals surface area contributed by atoms with E-state index in [2.05, 4.69) is 5.32 Å². The zero-order valence-electron chi connectivity index (χ0n) is 19.7. The van der Waals surface area contributed by atoms with Gasteiger partial charge in [-0.3, -0.25) is 9.59 Å². The van der Waals surface area contributed by atoms with Gasteiger partial charge in [-0.1, -0.05) is 30.3 Å². The second kappa shape index (κ2) is 9.41. The number of nitrogens with one attached hydrogen (secondary N) is 1. The molecule has 0 radical (unpaired) electrons. The van der Waals surface area contributed by atoms with Crippen LogP contribution in [0.3, 0.4) is 0 Å². The van der Waals surface area contributed by atoms with Crippen molar-refractivity contribution in [2.45, 2.75) is 32.2 Å². The maximum atomic E-state index is 14.4. The number of benzene rings is 3. The van der Waals surface area contributed by atoms with Crippen molar-refractivity contribution in [3.05, 3.63) is 88.7 Å². The van der Waals surface area contributed by atoms with Crippen molar-refractivity contribution in [3.63, 3.8) is 0 Å². The number of hydrogen-bond acceptors (Lipinski definition) is 4. The molecule has 0 saturated carbocycles. The standard InChI is InChI=1S/C28H27FN2O4/c1-3-34-23-15-17-13-14-31-26(20(17)16-24(23)35-4-2)25(18-9-5-6-10-19(18)28(31)33)27(32)30-22-12-8-7-11-21(22)29/h5-12,15-16,25-26H,3-4,13-14H2,1-2H3,(H,30,32)/t25-,26-/m0/s1. The summed E-state index contributed by atoms with van der Waals surface area (Å²) >= 11 is 0. The van der Waals surface area contributed by atoms with Gasteiger partial charge in [-0.2, -0.15) is 0 Å². The van der Waals surface area contributed by atoms with E-state index in [-0.39, 0.29) is 17.5 Å². The van der Waals surface area contributed by atoms with Crippen LogP contribution in [0, 0.1) is 5.82 Å². The molecule has 2 amide bonds. The maximum absolute atomic E-state index is 14.4. The number of rotatable bonds is 6. The monoisotopic (exact) mass is 474 g/mol. The van der Waals surface area contributed by atoms with Gasteiger partial charge in [0, 0.05) is 12.1 Å². The number of carbonyl (C=O) groups is 2. The lowest BCUT2D eigenvalue weighted by atomic mass is 9.75. The third kappa shape index (κ3) is 4.01. The second-order valence-corrected chi connectivity index (χ2v) is 8.59. The third-order valence-electron chi connectivity index (χ3n) is 6.60. The van der Waals surface area contributed by atoms with Gasteiger partial charge in [0.1, 0.15) is 5.82 Å². The minimum Gasteiger partial charge on any atom is -0.490 e. The van der Waals surface area contributed by atoms with E-state index in [1.165, 1.54) is 12.1 Å². The Bertz CT molecular complexity index is 1290. The van der Waals surface area contributed by atoms with Crippen LogP contribution < -0.4 is 14.8 Å². The van der Waals surface area contributed by atoms with Crippen LogP contribution in [0.25, 0.3) is 0 Å². The highest BCUT2D eigenvalue weighted by atomic mass is 19.1. The van der Waals surface area contributed by atoms with E-state index in [1.807, 2.05) is 38.1 Å². The fourth-order valence-corrected chi connectivity index (χ4v) is 5.13. The molecule has 0 fully saturated rings. The summed E-state index contributed by atoms with van der Waals surface area (Å²) in [6, 6.07) is 16.5. The van der Waals surface area contributed by atoms with Crippen molar-refractivity contribution in [2.24, 2.45) is 0 Å². The third-order valence-corrected chi connectivity index (χ3v) is 6.60. The van der Waals surface area contributed by atoms with Crippen LogP contribution in [0.4, 0.5) is 10.1 Å². The van der Waals surface area contributed by atoms with Crippen LogP contribution >= 0.6 is 0 Å². The first-order valence-corrected chi connectivity index (χ1v) is 11.9. The van der Waals surface area contributed by atoms with Gasteiger partial charge in [-0.15, -0.1) is 0 Å². The summed E-state index contributed by atoms with van der Waals surface area (Å²) in [6.45, 7) is 5.22. The molecule has 7 heteroatoms. The van der Waals surface area contributed by atoms with E-state index in [0.29, 0.717) is 48.8 Å². The predicted molar refractivity (Wildman–Crippen MR) is 130 cm³/mol. The molecule has 0 unspecified atom stereocenters. The summed E-state index contributed by atoms with van der Waals surface area (Å²) in [5, 5.41) is 2.76. The lowest BCUT2D eigenvalue weighted by Crippen LogP contribution is -2.49. The number of ether oxygens (including phenoxy) is 2. The first-order chi connectivity index (χ1) is 17.0. The molecule has 2 aliphatic heterocycles. The van der Waals surface area contributed by atoms with Crippen LogP contribution in [-0.4, -0.2) is 36.5 Å². The van der Waals surface area contributed by atoms with E-state index in [9.17, 15) is 14.0 Å². The van der Waals surface area contributed by atoms with Crippen molar-refractivity contribution in [2.75, 3.05) is 25.1 Å².